The molecule has 0 aromatic heterocycles. The molecule has 0 fully saturated rings. The Kier molecular flexibility index (Phi) is 5.64. The molecule has 0 heterocycles. The predicted octanol–water partition coefficient (Wildman–Crippen LogP) is 3.54. The van der Waals surface area contributed by atoms with Crippen LogP contribution in [0.4, 0.5) is 11.4 Å². The molecule has 0 saturated carbocycles. The number of hydrogen-bond donors (Lipinski definition) is 1. The van der Waals surface area contributed by atoms with Crippen LogP contribution in [-0.2, 0) is 9.53 Å². The zero-order valence-corrected chi connectivity index (χ0v) is 14.1. The van der Waals surface area contributed by atoms with Crippen molar-refractivity contribution in [2.24, 2.45) is 0 Å². The average molecular weight is 393 g/mol. The number of ether oxygens (including phenoxy) is 1. The van der Waals surface area contributed by atoms with E-state index in [4.69, 9.17) is 4.74 Å². The van der Waals surface area contributed by atoms with Gasteiger partial charge in [-0.3, -0.25) is 14.9 Å². The number of nitro benzene ring substituents is 1. The van der Waals surface area contributed by atoms with Gasteiger partial charge in [-0.1, -0.05) is 18.2 Å². The lowest BCUT2D eigenvalue weighted by atomic mass is 10.2. The van der Waals surface area contributed by atoms with Gasteiger partial charge in [-0.2, -0.15) is 0 Å². The van der Waals surface area contributed by atoms with Gasteiger partial charge in [-0.05, 0) is 47.1 Å². The third-order valence-corrected chi connectivity index (χ3v) is 3.74. The summed E-state index contributed by atoms with van der Waals surface area (Å²) in [7, 11) is 0. The monoisotopic (exact) mass is 392 g/mol. The average Bonchev–Trinajstić information content (AvgIpc) is 2.55. The molecule has 1 atom stereocenters. The second-order valence-electron chi connectivity index (χ2n) is 4.83. The zero-order chi connectivity index (χ0) is 17.7. The van der Waals surface area contributed by atoms with Crippen molar-refractivity contribution in [1.29, 1.82) is 0 Å². The zero-order valence-electron chi connectivity index (χ0n) is 12.6. The number of halogens is 1. The highest BCUT2D eigenvalue weighted by molar-refractivity contribution is 9.10. The molecule has 0 bridgehead atoms. The summed E-state index contributed by atoms with van der Waals surface area (Å²) in [6.45, 7) is 1.42. The third kappa shape index (κ3) is 4.39. The van der Waals surface area contributed by atoms with E-state index in [-0.39, 0.29) is 15.7 Å². The second-order valence-corrected chi connectivity index (χ2v) is 5.68. The van der Waals surface area contributed by atoms with Gasteiger partial charge in [0.05, 0.1) is 15.0 Å². The van der Waals surface area contributed by atoms with Gasteiger partial charge in [-0.25, -0.2) is 4.79 Å². The van der Waals surface area contributed by atoms with Crippen LogP contribution in [0.25, 0.3) is 0 Å². The summed E-state index contributed by atoms with van der Waals surface area (Å²) in [6, 6.07) is 12.6. The van der Waals surface area contributed by atoms with E-state index >= 15 is 0 Å². The number of carbonyl (C=O) groups excluding carboxylic acids is 2. The fraction of sp³-hybridized carbons (Fsp3) is 0.125. The summed E-state index contributed by atoms with van der Waals surface area (Å²) >= 11 is 3.03. The molecule has 1 amide bonds. The molecule has 0 radical (unpaired) electrons. The lowest BCUT2D eigenvalue weighted by Crippen LogP contribution is -2.30. The van der Waals surface area contributed by atoms with Crippen LogP contribution < -0.4 is 5.32 Å². The number of esters is 1. The van der Waals surface area contributed by atoms with Crippen LogP contribution in [0.15, 0.2) is 53.0 Å². The number of hydrogen-bond acceptors (Lipinski definition) is 5. The minimum absolute atomic E-state index is 0.00994. The van der Waals surface area contributed by atoms with E-state index in [2.05, 4.69) is 21.2 Å². The van der Waals surface area contributed by atoms with Crippen LogP contribution in [0.2, 0.25) is 0 Å². The first kappa shape index (κ1) is 17.6. The molecule has 0 aliphatic heterocycles. The smallest absolute Gasteiger partial charge is 0.339 e. The summed E-state index contributed by atoms with van der Waals surface area (Å²) in [5, 5.41) is 13.5. The van der Waals surface area contributed by atoms with Crippen LogP contribution in [-0.4, -0.2) is 22.9 Å². The maximum atomic E-state index is 12.1. The van der Waals surface area contributed by atoms with E-state index in [9.17, 15) is 19.7 Å². The molecule has 2 rings (SSSR count). The SMILES string of the molecule is C[C@H](OC(=O)c1ccc(Br)c([N+](=O)[O-])c1)C(=O)Nc1ccccc1. The van der Waals surface area contributed by atoms with Gasteiger partial charge >= 0.3 is 5.97 Å². The number of amides is 1. The number of para-hydroxylation sites is 1. The minimum Gasteiger partial charge on any atom is -0.449 e. The Bertz CT molecular complexity index is 779. The number of nitrogens with zero attached hydrogens (tertiary/aromatic N) is 1. The largest absolute Gasteiger partial charge is 0.449 e. The molecule has 2 aromatic carbocycles. The Balaban J connectivity index is 2.04. The maximum Gasteiger partial charge on any atom is 0.339 e. The van der Waals surface area contributed by atoms with Gasteiger partial charge in [0.15, 0.2) is 6.10 Å². The first-order chi connectivity index (χ1) is 11.4. The minimum atomic E-state index is -1.06. The van der Waals surface area contributed by atoms with E-state index in [1.807, 2.05) is 0 Å². The van der Waals surface area contributed by atoms with Crippen molar-refractivity contribution in [3.63, 3.8) is 0 Å². The van der Waals surface area contributed by atoms with Crippen molar-refractivity contribution in [2.45, 2.75) is 13.0 Å². The van der Waals surface area contributed by atoms with Crippen LogP contribution in [0.3, 0.4) is 0 Å². The molecule has 0 unspecified atom stereocenters. The molecule has 1 N–H and O–H groups in total. The number of carbonyl (C=O) groups is 2. The molecule has 0 saturated heterocycles. The van der Waals surface area contributed by atoms with Gasteiger partial charge in [0.25, 0.3) is 11.6 Å². The molecule has 2 aromatic rings. The topological polar surface area (TPSA) is 98.5 Å². The Labute approximate surface area is 145 Å². The Morgan fingerprint density at radius 1 is 1.21 bits per heavy atom. The molecule has 124 valence electrons. The standard InChI is InChI=1S/C16H13BrN2O5/c1-10(15(20)18-12-5-3-2-4-6-12)24-16(21)11-7-8-13(17)14(9-11)19(22)23/h2-10H,1H3,(H,18,20)/t10-/m0/s1. The highest BCUT2D eigenvalue weighted by Gasteiger charge is 2.21. The predicted molar refractivity (Wildman–Crippen MR) is 90.7 cm³/mol. The lowest BCUT2D eigenvalue weighted by molar-refractivity contribution is -0.385. The fourth-order valence-electron chi connectivity index (χ4n) is 1.83. The highest BCUT2D eigenvalue weighted by Crippen LogP contribution is 2.26. The molecular formula is C16H13BrN2O5. The normalized spacial score (nSPS) is 11.4. The first-order valence-corrected chi connectivity index (χ1v) is 7.68. The molecule has 0 aliphatic rings. The van der Waals surface area contributed by atoms with E-state index in [0.29, 0.717) is 5.69 Å². The summed E-state index contributed by atoms with van der Waals surface area (Å²) in [4.78, 5) is 34.3. The van der Waals surface area contributed by atoms with Crippen LogP contribution in [0.1, 0.15) is 17.3 Å². The Hall–Kier alpha value is -2.74. The quantitative estimate of drug-likeness (QED) is 0.476. The number of benzene rings is 2. The second kappa shape index (κ2) is 7.69. The van der Waals surface area contributed by atoms with Crippen LogP contribution in [0, 0.1) is 10.1 Å². The summed E-state index contributed by atoms with van der Waals surface area (Å²) < 4.78 is 5.31. The summed E-state index contributed by atoms with van der Waals surface area (Å²) in [5.41, 5.74) is 0.305. The Morgan fingerprint density at radius 2 is 1.88 bits per heavy atom. The molecule has 7 nitrogen and oxygen atoms in total. The first-order valence-electron chi connectivity index (χ1n) is 6.89. The fourth-order valence-corrected chi connectivity index (χ4v) is 2.22. The highest BCUT2D eigenvalue weighted by atomic mass is 79.9. The number of rotatable bonds is 5. The number of nitrogens with one attached hydrogen (secondary N) is 1. The van der Waals surface area contributed by atoms with Gasteiger partial charge in [0.1, 0.15) is 0 Å². The molecule has 24 heavy (non-hydrogen) atoms. The van der Waals surface area contributed by atoms with E-state index in [1.54, 1.807) is 30.3 Å². The van der Waals surface area contributed by atoms with Crippen molar-refractivity contribution in [3.8, 4) is 0 Å². The molecule has 0 aliphatic carbocycles. The lowest BCUT2D eigenvalue weighted by Gasteiger charge is -2.13. The van der Waals surface area contributed by atoms with Crippen molar-refractivity contribution in [2.75, 3.05) is 5.32 Å². The van der Waals surface area contributed by atoms with Crippen LogP contribution in [0.5, 0.6) is 0 Å². The Morgan fingerprint density at radius 3 is 2.50 bits per heavy atom. The van der Waals surface area contributed by atoms with Crippen molar-refractivity contribution < 1.29 is 19.2 Å². The van der Waals surface area contributed by atoms with Gasteiger partial charge in [-0.15, -0.1) is 0 Å². The van der Waals surface area contributed by atoms with Gasteiger partial charge in [0.2, 0.25) is 0 Å². The maximum absolute atomic E-state index is 12.1. The third-order valence-electron chi connectivity index (χ3n) is 3.07. The number of anilines is 1. The van der Waals surface area contributed by atoms with Gasteiger partial charge < -0.3 is 10.1 Å². The van der Waals surface area contributed by atoms with E-state index < -0.39 is 22.9 Å². The molecule has 8 heteroatoms. The number of nitro groups is 1. The van der Waals surface area contributed by atoms with E-state index in [0.717, 1.165) is 6.07 Å². The molecular weight excluding hydrogens is 380 g/mol. The van der Waals surface area contributed by atoms with Crippen molar-refractivity contribution >= 4 is 39.2 Å². The van der Waals surface area contributed by atoms with Crippen molar-refractivity contribution in [1.82, 2.24) is 0 Å². The van der Waals surface area contributed by atoms with Crippen LogP contribution >= 0.6 is 15.9 Å². The molecule has 0 spiro atoms. The van der Waals surface area contributed by atoms with Crippen molar-refractivity contribution in [3.05, 3.63) is 68.7 Å². The van der Waals surface area contributed by atoms with Gasteiger partial charge in [0, 0.05) is 11.8 Å². The summed E-state index contributed by atoms with van der Waals surface area (Å²) in [5.74, 6) is -1.32. The summed E-state index contributed by atoms with van der Waals surface area (Å²) in [6.07, 6.45) is -1.06. The van der Waals surface area contributed by atoms with E-state index in [1.165, 1.54) is 19.1 Å².